The van der Waals surface area contributed by atoms with Crippen LogP contribution in [0.15, 0.2) is 28.7 Å². The molecule has 2 nitrogen and oxygen atoms in total. The van der Waals surface area contributed by atoms with E-state index in [0.29, 0.717) is 0 Å². The largest absolute Gasteiger partial charge is 0.624 e. The molecule has 1 rings (SSSR count). The summed E-state index contributed by atoms with van der Waals surface area (Å²) in [7, 11) is 1.46. The molecule has 0 amide bonds. The Morgan fingerprint density at radius 1 is 1.36 bits per heavy atom. The summed E-state index contributed by atoms with van der Waals surface area (Å²) in [5.74, 6) is 0. The molecule has 1 aromatic carbocycles. The Labute approximate surface area is 73.9 Å². The zero-order chi connectivity index (χ0) is 8.27. The van der Waals surface area contributed by atoms with E-state index in [2.05, 4.69) is 15.9 Å². The predicted molar refractivity (Wildman–Crippen MR) is 48.9 cm³/mol. The number of benzene rings is 1. The maximum Gasteiger partial charge on any atom is 0.181 e. The zero-order valence-electron chi connectivity index (χ0n) is 6.12. The molecule has 0 N–H and O–H groups in total. The molecule has 0 heterocycles. The van der Waals surface area contributed by atoms with E-state index in [9.17, 15) is 5.21 Å². The topological polar surface area (TPSA) is 26.1 Å². The van der Waals surface area contributed by atoms with Crippen LogP contribution < -0.4 is 0 Å². The van der Waals surface area contributed by atoms with E-state index in [1.165, 1.54) is 13.3 Å². The quantitative estimate of drug-likeness (QED) is 0.304. The number of hydrogen-bond donors (Lipinski definition) is 0. The molecule has 11 heavy (non-hydrogen) atoms. The summed E-state index contributed by atoms with van der Waals surface area (Å²) in [5.41, 5.74) is 0.908. The van der Waals surface area contributed by atoms with Crippen molar-refractivity contribution in [2.24, 2.45) is 0 Å². The molecule has 0 aliphatic heterocycles. The van der Waals surface area contributed by atoms with Gasteiger partial charge in [-0.25, -0.2) is 4.74 Å². The first kappa shape index (κ1) is 8.27. The van der Waals surface area contributed by atoms with Crippen molar-refractivity contribution < 1.29 is 4.74 Å². The molecule has 0 saturated heterocycles. The van der Waals surface area contributed by atoms with E-state index in [-0.39, 0.29) is 0 Å². The Morgan fingerprint density at radius 2 is 1.91 bits per heavy atom. The van der Waals surface area contributed by atoms with Gasteiger partial charge in [0, 0.05) is 10.0 Å². The van der Waals surface area contributed by atoms with Crippen molar-refractivity contribution in [3.8, 4) is 0 Å². The highest BCUT2D eigenvalue weighted by Gasteiger charge is 1.90. The summed E-state index contributed by atoms with van der Waals surface area (Å²) in [4.78, 5) is 0. The van der Waals surface area contributed by atoms with Crippen LogP contribution in [0.4, 0.5) is 0 Å². The van der Waals surface area contributed by atoms with E-state index in [1.54, 1.807) is 0 Å². The summed E-state index contributed by atoms with van der Waals surface area (Å²) < 4.78 is 1.80. The fraction of sp³-hybridized carbons (Fsp3) is 0.125. The zero-order valence-corrected chi connectivity index (χ0v) is 7.71. The monoisotopic (exact) mass is 213 g/mol. The second-order valence-corrected chi connectivity index (χ2v) is 3.14. The fourth-order valence-corrected chi connectivity index (χ4v) is 1.02. The van der Waals surface area contributed by atoms with Gasteiger partial charge in [0.05, 0.1) is 0 Å². The second-order valence-electron chi connectivity index (χ2n) is 2.23. The number of hydrogen-bond acceptors (Lipinski definition) is 1. The van der Waals surface area contributed by atoms with Crippen LogP contribution in [0, 0.1) is 5.21 Å². The normalized spacial score (nSPS) is 11.6. The van der Waals surface area contributed by atoms with Crippen molar-refractivity contribution >= 4 is 22.1 Å². The Bertz CT molecular complexity index is 262. The van der Waals surface area contributed by atoms with Crippen molar-refractivity contribution in [2.75, 3.05) is 7.05 Å². The molecule has 0 aliphatic carbocycles. The Kier molecular flexibility index (Phi) is 2.65. The van der Waals surface area contributed by atoms with Crippen LogP contribution in [-0.2, 0) is 0 Å². The van der Waals surface area contributed by atoms with Crippen LogP contribution in [0.1, 0.15) is 5.56 Å². The van der Waals surface area contributed by atoms with Crippen LogP contribution in [-0.4, -0.2) is 18.0 Å². The Hall–Kier alpha value is -0.830. The van der Waals surface area contributed by atoms with E-state index in [1.807, 2.05) is 24.3 Å². The molecule has 0 radical (unpaired) electrons. The molecule has 58 valence electrons. The molecule has 0 saturated carbocycles. The molecular formula is C8H8BrNO. The lowest BCUT2D eigenvalue weighted by Gasteiger charge is -1.95. The van der Waals surface area contributed by atoms with Gasteiger partial charge in [0.1, 0.15) is 7.05 Å². The third kappa shape index (κ3) is 2.72. The van der Waals surface area contributed by atoms with Crippen LogP contribution in [0.2, 0.25) is 0 Å². The van der Waals surface area contributed by atoms with Gasteiger partial charge in [-0.2, -0.15) is 0 Å². The van der Waals surface area contributed by atoms with Crippen LogP contribution in [0.25, 0.3) is 0 Å². The first-order valence-electron chi connectivity index (χ1n) is 3.19. The number of rotatable bonds is 1. The van der Waals surface area contributed by atoms with Gasteiger partial charge in [0.25, 0.3) is 0 Å². The van der Waals surface area contributed by atoms with Crippen LogP contribution in [0.5, 0.6) is 0 Å². The first-order chi connectivity index (χ1) is 5.18. The average Bonchev–Trinajstić information content (AvgIpc) is 1.93. The standard InChI is InChI=1S/C8H8BrNO/c1-10(11)6-7-2-4-8(9)5-3-7/h2-6H,1H3. The van der Waals surface area contributed by atoms with E-state index in [0.717, 1.165) is 14.8 Å². The first-order valence-corrected chi connectivity index (χ1v) is 3.98. The second kappa shape index (κ2) is 3.53. The summed E-state index contributed by atoms with van der Waals surface area (Å²) in [5, 5.41) is 10.5. The molecule has 0 fully saturated rings. The van der Waals surface area contributed by atoms with Crippen molar-refractivity contribution in [2.45, 2.75) is 0 Å². The highest BCUT2D eigenvalue weighted by Crippen LogP contribution is 2.08. The lowest BCUT2D eigenvalue weighted by atomic mass is 10.2. The van der Waals surface area contributed by atoms with Crippen molar-refractivity contribution in [3.05, 3.63) is 39.5 Å². The van der Waals surface area contributed by atoms with Gasteiger partial charge in [-0.15, -0.1) is 0 Å². The van der Waals surface area contributed by atoms with Gasteiger partial charge in [-0.3, -0.25) is 0 Å². The number of nitrogens with zero attached hydrogens (tertiary/aromatic N) is 1. The highest BCUT2D eigenvalue weighted by molar-refractivity contribution is 9.10. The van der Waals surface area contributed by atoms with Crippen molar-refractivity contribution in [1.82, 2.24) is 0 Å². The SMILES string of the molecule is C[N+]([O-])=Cc1ccc(Br)cc1. The summed E-state index contributed by atoms with van der Waals surface area (Å²) in [6.45, 7) is 0. The van der Waals surface area contributed by atoms with Gasteiger partial charge in [-0.05, 0) is 24.3 Å². The number of halogens is 1. The minimum absolute atomic E-state index is 0.781. The molecule has 0 unspecified atom stereocenters. The van der Waals surface area contributed by atoms with Gasteiger partial charge >= 0.3 is 0 Å². The third-order valence-electron chi connectivity index (χ3n) is 1.20. The molecular weight excluding hydrogens is 206 g/mol. The van der Waals surface area contributed by atoms with Crippen LogP contribution in [0.3, 0.4) is 0 Å². The summed E-state index contributed by atoms with van der Waals surface area (Å²) >= 11 is 3.31. The molecule has 1 aromatic rings. The summed E-state index contributed by atoms with van der Waals surface area (Å²) in [6.07, 6.45) is 1.52. The molecule has 0 aromatic heterocycles. The maximum absolute atomic E-state index is 10.5. The third-order valence-corrected chi connectivity index (χ3v) is 1.73. The smallest absolute Gasteiger partial charge is 0.181 e. The molecule has 3 heteroatoms. The predicted octanol–water partition coefficient (Wildman–Crippen LogP) is 2.01. The Morgan fingerprint density at radius 3 is 2.36 bits per heavy atom. The van der Waals surface area contributed by atoms with Gasteiger partial charge in [0.15, 0.2) is 6.21 Å². The number of hydroxylamine groups is 1. The van der Waals surface area contributed by atoms with Gasteiger partial charge < -0.3 is 5.21 Å². The summed E-state index contributed by atoms with van der Waals surface area (Å²) in [6, 6.07) is 7.54. The molecule has 0 atom stereocenters. The average molecular weight is 214 g/mol. The van der Waals surface area contributed by atoms with E-state index in [4.69, 9.17) is 0 Å². The van der Waals surface area contributed by atoms with E-state index >= 15 is 0 Å². The molecule has 0 aliphatic rings. The van der Waals surface area contributed by atoms with Crippen molar-refractivity contribution in [1.29, 1.82) is 0 Å². The van der Waals surface area contributed by atoms with Gasteiger partial charge in [-0.1, -0.05) is 15.9 Å². The minimum atomic E-state index is 0.781. The van der Waals surface area contributed by atoms with Crippen LogP contribution >= 0.6 is 15.9 Å². The van der Waals surface area contributed by atoms with Gasteiger partial charge in [0.2, 0.25) is 0 Å². The highest BCUT2D eigenvalue weighted by atomic mass is 79.9. The minimum Gasteiger partial charge on any atom is -0.624 e. The lowest BCUT2D eigenvalue weighted by molar-refractivity contribution is -0.416. The molecule has 0 bridgehead atoms. The molecule has 0 spiro atoms. The fourth-order valence-electron chi connectivity index (χ4n) is 0.759. The van der Waals surface area contributed by atoms with Crippen molar-refractivity contribution in [3.63, 3.8) is 0 Å². The van der Waals surface area contributed by atoms with E-state index < -0.39 is 0 Å². The lowest BCUT2D eigenvalue weighted by Crippen LogP contribution is -1.96. The maximum atomic E-state index is 10.5. The Balaban J connectivity index is 2.91.